The van der Waals surface area contributed by atoms with Gasteiger partial charge in [-0.2, -0.15) is 0 Å². The zero-order valence-electron chi connectivity index (χ0n) is 12.5. The molecule has 0 bridgehead atoms. The number of hydrogen-bond acceptors (Lipinski definition) is 5. The van der Waals surface area contributed by atoms with E-state index in [0.29, 0.717) is 10.7 Å². The molecule has 2 aromatic rings. The third-order valence-electron chi connectivity index (χ3n) is 3.43. The Morgan fingerprint density at radius 2 is 1.95 bits per heavy atom. The van der Waals surface area contributed by atoms with E-state index in [9.17, 15) is 8.42 Å². The van der Waals surface area contributed by atoms with Gasteiger partial charge in [-0.05, 0) is 44.4 Å². The van der Waals surface area contributed by atoms with Crippen molar-refractivity contribution in [3.8, 4) is 0 Å². The number of benzene rings is 1. The summed E-state index contributed by atoms with van der Waals surface area (Å²) in [6.45, 7) is 7.53. The normalized spacial score (nSPS) is 11.6. The van der Waals surface area contributed by atoms with Crippen LogP contribution >= 0.6 is 11.3 Å². The van der Waals surface area contributed by atoms with E-state index in [1.807, 2.05) is 26.8 Å². The Hall–Kier alpha value is -1.60. The summed E-state index contributed by atoms with van der Waals surface area (Å²) in [5.74, 6) is 0. The molecule has 0 aliphatic heterocycles. The lowest BCUT2D eigenvalue weighted by Crippen LogP contribution is -2.16. The van der Waals surface area contributed by atoms with Gasteiger partial charge in [0.15, 0.2) is 5.13 Å². The van der Waals surface area contributed by atoms with E-state index in [0.717, 1.165) is 22.6 Å². The van der Waals surface area contributed by atoms with Crippen molar-refractivity contribution in [3.05, 3.63) is 33.8 Å². The average molecular weight is 325 g/mol. The third kappa shape index (κ3) is 3.03. The van der Waals surface area contributed by atoms with E-state index in [1.165, 1.54) is 11.3 Å². The van der Waals surface area contributed by atoms with E-state index >= 15 is 0 Å². The number of sulfonamides is 1. The maximum Gasteiger partial charge on any atom is 0.265 e. The Balaban J connectivity index is 2.45. The van der Waals surface area contributed by atoms with Gasteiger partial charge in [0, 0.05) is 4.88 Å². The molecule has 0 saturated carbocycles. The molecule has 2 rings (SSSR count). The molecule has 0 spiro atoms. The monoisotopic (exact) mass is 325 g/mol. The molecule has 0 amide bonds. The Kier molecular flexibility index (Phi) is 4.25. The molecule has 7 heteroatoms. The van der Waals surface area contributed by atoms with Gasteiger partial charge >= 0.3 is 0 Å². The van der Waals surface area contributed by atoms with E-state index in [2.05, 4.69) is 9.71 Å². The van der Waals surface area contributed by atoms with Crippen LogP contribution in [0.3, 0.4) is 0 Å². The lowest BCUT2D eigenvalue weighted by molar-refractivity contribution is 0.601. The first kappa shape index (κ1) is 15.8. The molecule has 1 aromatic carbocycles. The van der Waals surface area contributed by atoms with Gasteiger partial charge in [0.25, 0.3) is 10.0 Å². The number of aryl methyl sites for hydroxylation is 3. The summed E-state index contributed by atoms with van der Waals surface area (Å²) < 4.78 is 27.7. The van der Waals surface area contributed by atoms with Crippen molar-refractivity contribution in [1.82, 2.24) is 4.98 Å². The molecule has 1 heterocycles. The standard InChI is InChI=1S/C14H19N3O2S2/c1-5-12-10(4)20-14(16-12)17-21(18,19)13-9(3)8(2)6-7-11(13)15/h6-7H,5,15H2,1-4H3,(H,16,17). The van der Waals surface area contributed by atoms with Crippen LogP contribution in [0.5, 0.6) is 0 Å². The van der Waals surface area contributed by atoms with Crippen LogP contribution in [0.15, 0.2) is 17.0 Å². The smallest absolute Gasteiger partial charge is 0.265 e. The maximum atomic E-state index is 12.6. The first-order chi connectivity index (χ1) is 9.76. The van der Waals surface area contributed by atoms with Crippen LogP contribution in [0.4, 0.5) is 10.8 Å². The summed E-state index contributed by atoms with van der Waals surface area (Å²) in [6, 6.07) is 3.42. The van der Waals surface area contributed by atoms with E-state index in [-0.39, 0.29) is 10.6 Å². The molecule has 3 N–H and O–H groups in total. The minimum absolute atomic E-state index is 0.133. The van der Waals surface area contributed by atoms with Crippen LogP contribution in [0.2, 0.25) is 0 Å². The van der Waals surface area contributed by atoms with E-state index in [4.69, 9.17) is 5.73 Å². The number of aromatic nitrogens is 1. The largest absolute Gasteiger partial charge is 0.398 e. The highest BCUT2D eigenvalue weighted by Gasteiger charge is 2.23. The van der Waals surface area contributed by atoms with Gasteiger partial charge in [-0.1, -0.05) is 13.0 Å². The summed E-state index contributed by atoms with van der Waals surface area (Å²) in [6.07, 6.45) is 0.773. The number of nitrogen functional groups attached to an aromatic ring is 1. The molecule has 0 aliphatic rings. The molecule has 21 heavy (non-hydrogen) atoms. The number of thiazole rings is 1. The second kappa shape index (κ2) is 5.65. The van der Waals surface area contributed by atoms with Gasteiger partial charge in [0.2, 0.25) is 0 Å². The Labute approximate surface area is 129 Å². The Morgan fingerprint density at radius 3 is 2.52 bits per heavy atom. The highest BCUT2D eigenvalue weighted by Crippen LogP contribution is 2.29. The molecular weight excluding hydrogens is 306 g/mol. The van der Waals surface area contributed by atoms with Gasteiger partial charge in [-0.25, -0.2) is 13.4 Å². The number of nitrogens with two attached hydrogens (primary N) is 1. The number of nitrogens with zero attached hydrogens (tertiary/aromatic N) is 1. The van der Waals surface area contributed by atoms with Gasteiger partial charge in [0.1, 0.15) is 4.90 Å². The van der Waals surface area contributed by atoms with Crippen molar-refractivity contribution in [2.45, 2.75) is 39.0 Å². The minimum Gasteiger partial charge on any atom is -0.398 e. The topological polar surface area (TPSA) is 85.1 Å². The fourth-order valence-corrected chi connectivity index (χ4v) is 4.70. The van der Waals surface area contributed by atoms with Crippen molar-refractivity contribution in [2.75, 3.05) is 10.5 Å². The number of hydrogen-bond donors (Lipinski definition) is 2. The molecule has 0 saturated heterocycles. The fourth-order valence-electron chi connectivity index (χ4n) is 2.13. The summed E-state index contributed by atoms with van der Waals surface area (Å²) in [5, 5.41) is 0.379. The lowest BCUT2D eigenvalue weighted by atomic mass is 10.1. The van der Waals surface area contributed by atoms with Crippen LogP contribution in [0.1, 0.15) is 28.6 Å². The SMILES string of the molecule is CCc1nc(NS(=O)(=O)c2c(N)ccc(C)c2C)sc1C. The second-order valence-corrected chi connectivity index (χ2v) is 7.73. The summed E-state index contributed by atoms with van der Waals surface area (Å²) in [5.41, 5.74) is 8.55. The van der Waals surface area contributed by atoms with Crippen molar-refractivity contribution < 1.29 is 8.42 Å². The van der Waals surface area contributed by atoms with Crippen molar-refractivity contribution in [3.63, 3.8) is 0 Å². The highest BCUT2D eigenvalue weighted by atomic mass is 32.2. The molecule has 0 radical (unpaired) electrons. The van der Waals surface area contributed by atoms with Gasteiger partial charge in [0.05, 0.1) is 11.4 Å². The zero-order chi connectivity index (χ0) is 15.8. The highest BCUT2D eigenvalue weighted by molar-refractivity contribution is 7.93. The van der Waals surface area contributed by atoms with Gasteiger partial charge in [-0.3, -0.25) is 4.72 Å². The predicted molar refractivity (Wildman–Crippen MR) is 87.4 cm³/mol. The zero-order valence-corrected chi connectivity index (χ0v) is 14.2. The van der Waals surface area contributed by atoms with Gasteiger partial charge < -0.3 is 5.73 Å². The molecule has 0 unspecified atom stereocenters. The first-order valence-electron chi connectivity index (χ1n) is 6.61. The molecule has 1 aromatic heterocycles. The molecule has 0 fully saturated rings. The molecule has 0 atom stereocenters. The number of anilines is 2. The fraction of sp³-hybridized carbons (Fsp3) is 0.357. The van der Waals surface area contributed by atoms with E-state index < -0.39 is 10.0 Å². The minimum atomic E-state index is -3.74. The van der Waals surface area contributed by atoms with Crippen molar-refractivity contribution >= 4 is 32.2 Å². The number of rotatable bonds is 4. The van der Waals surface area contributed by atoms with E-state index in [1.54, 1.807) is 13.0 Å². The van der Waals surface area contributed by atoms with Crippen LogP contribution < -0.4 is 10.5 Å². The third-order valence-corrected chi connectivity index (χ3v) is 6.02. The van der Waals surface area contributed by atoms with Crippen LogP contribution in [0.25, 0.3) is 0 Å². The predicted octanol–water partition coefficient (Wildman–Crippen LogP) is 3.01. The molecule has 5 nitrogen and oxygen atoms in total. The van der Waals surface area contributed by atoms with Crippen molar-refractivity contribution in [2.24, 2.45) is 0 Å². The summed E-state index contributed by atoms with van der Waals surface area (Å²) in [4.78, 5) is 5.46. The van der Waals surface area contributed by atoms with Gasteiger partial charge in [-0.15, -0.1) is 11.3 Å². The average Bonchev–Trinajstić information content (AvgIpc) is 2.73. The Bertz CT molecular complexity index is 780. The Morgan fingerprint density at radius 1 is 1.29 bits per heavy atom. The maximum absolute atomic E-state index is 12.6. The molecular formula is C14H19N3O2S2. The summed E-state index contributed by atoms with van der Waals surface area (Å²) in [7, 11) is -3.74. The number of nitrogens with one attached hydrogen (secondary N) is 1. The molecule has 0 aliphatic carbocycles. The van der Waals surface area contributed by atoms with Crippen molar-refractivity contribution in [1.29, 1.82) is 0 Å². The van der Waals surface area contributed by atoms with Crippen LogP contribution in [-0.2, 0) is 16.4 Å². The lowest BCUT2D eigenvalue weighted by Gasteiger charge is -2.12. The second-order valence-electron chi connectivity index (χ2n) is 4.91. The summed E-state index contributed by atoms with van der Waals surface area (Å²) >= 11 is 1.33. The van der Waals surface area contributed by atoms with Crippen LogP contribution in [-0.4, -0.2) is 13.4 Å². The molecule has 114 valence electrons. The first-order valence-corrected chi connectivity index (χ1v) is 8.91. The van der Waals surface area contributed by atoms with Crippen LogP contribution in [0, 0.1) is 20.8 Å². The quantitative estimate of drug-likeness (QED) is 0.846.